The maximum absolute atomic E-state index is 14.0. The summed E-state index contributed by atoms with van der Waals surface area (Å²) < 4.78 is 14.0. The maximum atomic E-state index is 14.0. The van der Waals surface area contributed by atoms with Crippen molar-refractivity contribution in [1.82, 2.24) is 15.5 Å². The van der Waals surface area contributed by atoms with Crippen LogP contribution in [-0.2, 0) is 0 Å². The molecule has 1 fully saturated rings. The Hall–Kier alpha value is -1.66. The molecule has 0 atom stereocenters. The number of amides is 1. The molecule has 0 radical (unpaired) electrons. The normalized spacial score (nSPS) is 14.5. The lowest BCUT2D eigenvalue weighted by Crippen LogP contribution is -2.46. The third-order valence-electron chi connectivity index (χ3n) is 4.29. The van der Waals surface area contributed by atoms with Crippen molar-refractivity contribution < 1.29 is 9.18 Å². The fraction of sp³-hybridized carbons (Fsp3) is 0.316. The minimum Gasteiger partial charge on any atom is -0.351 e. The highest BCUT2D eigenvalue weighted by Crippen LogP contribution is 2.26. The molecule has 1 saturated heterocycles. The van der Waals surface area contributed by atoms with Gasteiger partial charge in [0.2, 0.25) is 0 Å². The first-order valence-corrected chi connectivity index (χ1v) is 8.78. The summed E-state index contributed by atoms with van der Waals surface area (Å²) in [7, 11) is 0. The van der Waals surface area contributed by atoms with E-state index in [9.17, 15) is 9.18 Å². The molecule has 0 saturated carbocycles. The first kappa shape index (κ1) is 20.6. The van der Waals surface area contributed by atoms with E-state index in [1.807, 2.05) is 0 Å². The minimum atomic E-state index is -0.360. The standard InChI is InChI=1S/C19H21ClFN3O.ClH/c20-16-4-5-18(21)17(13-16)14-2-1-3-15(12-14)19(25)23-8-11-24-9-6-22-7-10-24;/h1-5,12-13,22H,6-11H2,(H,23,25);1H. The Balaban J connectivity index is 0.00000243. The Bertz CT molecular complexity index is 751. The molecular formula is C19H22Cl2FN3O. The van der Waals surface area contributed by atoms with Gasteiger partial charge in [0.05, 0.1) is 0 Å². The number of benzene rings is 2. The van der Waals surface area contributed by atoms with Gasteiger partial charge in [0.15, 0.2) is 0 Å². The van der Waals surface area contributed by atoms with Crippen LogP contribution in [0.1, 0.15) is 10.4 Å². The molecule has 1 aliphatic rings. The first-order chi connectivity index (χ1) is 12.1. The second kappa shape index (κ2) is 9.88. The second-order valence-corrected chi connectivity index (χ2v) is 6.49. The van der Waals surface area contributed by atoms with E-state index >= 15 is 0 Å². The van der Waals surface area contributed by atoms with Crippen LogP contribution in [0.5, 0.6) is 0 Å². The third-order valence-corrected chi connectivity index (χ3v) is 4.52. The fourth-order valence-electron chi connectivity index (χ4n) is 2.91. The topological polar surface area (TPSA) is 44.4 Å². The molecule has 3 rings (SSSR count). The van der Waals surface area contributed by atoms with E-state index in [0.29, 0.717) is 28.3 Å². The van der Waals surface area contributed by atoms with Crippen LogP contribution in [0.4, 0.5) is 4.39 Å². The molecule has 0 unspecified atom stereocenters. The van der Waals surface area contributed by atoms with Gasteiger partial charge in [0.25, 0.3) is 5.91 Å². The minimum absolute atomic E-state index is 0. The van der Waals surface area contributed by atoms with Crippen LogP contribution >= 0.6 is 24.0 Å². The molecule has 2 N–H and O–H groups in total. The molecule has 0 spiro atoms. The van der Waals surface area contributed by atoms with Crippen molar-refractivity contribution in [2.75, 3.05) is 39.3 Å². The number of piperazine rings is 1. The highest BCUT2D eigenvalue weighted by Gasteiger charge is 2.12. The Kier molecular flexibility index (Phi) is 7.85. The number of carbonyl (C=O) groups excluding carboxylic acids is 1. The van der Waals surface area contributed by atoms with E-state index in [2.05, 4.69) is 15.5 Å². The van der Waals surface area contributed by atoms with Gasteiger partial charge in [-0.15, -0.1) is 12.4 Å². The third kappa shape index (κ3) is 5.42. The predicted octanol–water partition coefficient (Wildman–Crippen LogP) is 3.20. The van der Waals surface area contributed by atoms with Crippen molar-refractivity contribution in [3.8, 4) is 11.1 Å². The number of rotatable bonds is 5. The van der Waals surface area contributed by atoms with Crippen molar-refractivity contribution in [3.05, 3.63) is 58.9 Å². The second-order valence-electron chi connectivity index (χ2n) is 6.05. The maximum Gasteiger partial charge on any atom is 0.251 e. The van der Waals surface area contributed by atoms with Gasteiger partial charge in [0, 0.05) is 55.4 Å². The Labute approximate surface area is 164 Å². The number of hydrogen-bond donors (Lipinski definition) is 2. The number of halogens is 3. The van der Waals surface area contributed by atoms with E-state index < -0.39 is 0 Å². The van der Waals surface area contributed by atoms with Gasteiger partial charge in [-0.2, -0.15) is 0 Å². The summed E-state index contributed by atoms with van der Waals surface area (Å²) in [5.41, 5.74) is 1.54. The molecule has 7 heteroatoms. The largest absolute Gasteiger partial charge is 0.351 e. The number of nitrogens with zero attached hydrogens (tertiary/aromatic N) is 1. The molecule has 140 valence electrons. The Morgan fingerprint density at radius 2 is 1.96 bits per heavy atom. The molecule has 1 amide bonds. The number of nitrogens with one attached hydrogen (secondary N) is 2. The van der Waals surface area contributed by atoms with Gasteiger partial charge in [-0.05, 0) is 35.9 Å². The van der Waals surface area contributed by atoms with Crippen molar-refractivity contribution in [2.45, 2.75) is 0 Å². The predicted molar refractivity (Wildman–Crippen MR) is 106 cm³/mol. The monoisotopic (exact) mass is 397 g/mol. The van der Waals surface area contributed by atoms with Gasteiger partial charge in [-0.25, -0.2) is 4.39 Å². The van der Waals surface area contributed by atoms with Gasteiger partial charge >= 0.3 is 0 Å². The van der Waals surface area contributed by atoms with Crippen LogP contribution in [0.15, 0.2) is 42.5 Å². The molecule has 1 aliphatic heterocycles. The molecule has 4 nitrogen and oxygen atoms in total. The quantitative estimate of drug-likeness (QED) is 0.813. The average Bonchev–Trinajstić information content (AvgIpc) is 2.64. The zero-order valence-corrected chi connectivity index (χ0v) is 15.9. The molecular weight excluding hydrogens is 376 g/mol. The van der Waals surface area contributed by atoms with E-state index in [4.69, 9.17) is 11.6 Å². The summed E-state index contributed by atoms with van der Waals surface area (Å²) in [6.45, 7) is 5.39. The molecule has 0 aromatic heterocycles. The Morgan fingerprint density at radius 1 is 1.19 bits per heavy atom. The molecule has 1 heterocycles. The van der Waals surface area contributed by atoms with Gasteiger partial charge in [0.1, 0.15) is 5.82 Å². The zero-order chi connectivity index (χ0) is 17.6. The van der Waals surface area contributed by atoms with Crippen LogP contribution in [0.2, 0.25) is 5.02 Å². The summed E-state index contributed by atoms with van der Waals surface area (Å²) in [6.07, 6.45) is 0. The van der Waals surface area contributed by atoms with Gasteiger partial charge in [-0.1, -0.05) is 23.7 Å². The lowest BCUT2D eigenvalue weighted by atomic mass is 10.0. The van der Waals surface area contributed by atoms with Crippen LogP contribution in [-0.4, -0.2) is 50.1 Å². The lowest BCUT2D eigenvalue weighted by Gasteiger charge is -2.27. The molecule has 0 aliphatic carbocycles. The van der Waals surface area contributed by atoms with Gasteiger partial charge < -0.3 is 10.6 Å². The summed E-state index contributed by atoms with van der Waals surface area (Å²) in [4.78, 5) is 14.7. The fourth-order valence-corrected chi connectivity index (χ4v) is 3.08. The van der Waals surface area contributed by atoms with Crippen molar-refractivity contribution in [3.63, 3.8) is 0 Å². The summed E-state index contributed by atoms with van der Waals surface area (Å²) in [6, 6.07) is 11.3. The molecule has 26 heavy (non-hydrogen) atoms. The van der Waals surface area contributed by atoms with Crippen LogP contribution in [0.25, 0.3) is 11.1 Å². The first-order valence-electron chi connectivity index (χ1n) is 8.40. The molecule has 0 bridgehead atoms. The smallest absolute Gasteiger partial charge is 0.251 e. The summed E-state index contributed by atoms with van der Waals surface area (Å²) in [5, 5.41) is 6.69. The summed E-state index contributed by atoms with van der Waals surface area (Å²) in [5.74, 6) is -0.514. The lowest BCUT2D eigenvalue weighted by molar-refractivity contribution is 0.0947. The van der Waals surface area contributed by atoms with E-state index in [1.54, 1.807) is 30.3 Å². The SMILES string of the molecule is Cl.O=C(NCCN1CCNCC1)c1cccc(-c2cc(Cl)ccc2F)c1. The highest BCUT2D eigenvalue weighted by molar-refractivity contribution is 6.30. The zero-order valence-electron chi connectivity index (χ0n) is 14.3. The Morgan fingerprint density at radius 3 is 2.73 bits per heavy atom. The van der Waals surface area contributed by atoms with Crippen LogP contribution in [0, 0.1) is 5.82 Å². The van der Waals surface area contributed by atoms with E-state index in [-0.39, 0.29) is 24.1 Å². The average molecular weight is 398 g/mol. The summed E-state index contributed by atoms with van der Waals surface area (Å²) >= 11 is 5.96. The van der Waals surface area contributed by atoms with Crippen molar-refractivity contribution in [1.29, 1.82) is 0 Å². The number of carbonyl (C=O) groups is 1. The molecule has 2 aromatic carbocycles. The van der Waals surface area contributed by atoms with Gasteiger partial charge in [-0.3, -0.25) is 9.69 Å². The van der Waals surface area contributed by atoms with Crippen molar-refractivity contribution in [2.24, 2.45) is 0 Å². The number of hydrogen-bond acceptors (Lipinski definition) is 3. The van der Waals surface area contributed by atoms with Crippen LogP contribution in [0.3, 0.4) is 0 Å². The van der Waals surface area contributed by atoms with Crippen molar-refractivity contribution >= 4 is 29.9 Å². The van der Waals surface area contributed by atoms with E-state index in [1.165, 1.54) is 12.1 Å². The van der Waals surface area contributed by atoms with Crippen LogP contribution < -0.4 is 10.6 Å². The highest BCUT2D eigenvalue weighted by atomic mass is 35.5. The van der Waals surface area contributed by atoms with E-state index in [0.717, 1.165) is 32.7 Å². The molecule has 2 aromatic rings.